The summed E-state index contributed by atoms with van der Waals surface area (Å²) in [6, 6.07) is 14.3. The molecule has 1 aliphatic rings. The molecule has 1 unspecified atom stereocenters. The quantitative estimate of drug-likeness (QED) is 0.312. The minimum atomic E-state index is -0.706. The van der Waals surface area contributed by atoms with Gasteiger partial charge in [-0.2, -0.15) is 0 Å². The third kappa shape index (κ3) is 5.86. The van der Waals surface area contributed by atoms with Gasteiger partial charge >= 0.3 is 6.09 Å². The van der Waals surface area contributed by atoms with E-state index in [1.165, 1.54) is 18.2 Å². The number of aromatic nitrogens is 2. The Hall–Kier alpha value is -4.47. The number of imidazole rings is 1. The van der Waals surface area contributed by atoms with Crippen LogP contribution in [0.15, 0.2) is 60.8 Å². The second kappa shape index (κ2) is 11.2. The summed E-state index contributed by atoms with van der Waals surface area (Å²) in [5.74, 6) is -1.52. The SMILES string of the molecule is Cc1nc2c(OCc3c(F)cccc3F)cccn2c1C(=O)NCC1CCc2ccccc2N1C(=O)OC(C)(C)C. The predicted octanol–water partition coefficient (Wildman–Crippen LogP) is 5.99. The van der Waals surface area contributed by atoms with E-state index in [-0.39, 0.29) is 36.4 Å². The van der Waals surface area contributed by atoms with Crippen LogP contribution in [0.2, 0.25) is 0 Å². The predicted molar refractivity (Wildman–Crippen MR) is 150 cm³/mol. The van der Waals surface area contributed by atoms with E-state index >= 15 is 0 Å². The Bertz CT molecular complexity index is 1590. The first-order chi connectivity index (χ1) is 19.5. The van der Waals surface area contributed by atoms with Gasteiger partial charge in [0.25, 0.3) is 5.91 Å². The number of hydrogen-bond acceptors (Lipinski definition) is 5. The molecular formula is C31H32F2N4O4. The number of halogens is 2. The minimum Gasteiger partial charge on any atom is -0.485 e. The second-order valence-electron chi connectivity index (χ2n) is 11.0. The van der Waals surface area contributed by atoms with Crippen molar-refractivity contribution in [2.45, 2.75) is 58.8 Å². The molecule has 0 radical (unpaired) electrons. The van der Waals surface area contributed by atoms with Crippen LogP contribution in [0.1, 0.15) is 54.5 Å². The zero-order valence-corrected chi connectivity index (χ0v) is 23.4. The zero-order valence-electron chi connectivity index (χ0n) is 23.4. The van der Waals surface area contributed by atoms with Crippen LogP contribution in [0.5, 0.6) is 5.75 Å². The van der Waals surface area contributed by atoms with Crippen LogP contribution in [0.4, 0.5) is 19.3 Å². The molecule has 0 saturated heterocycles. The van der Waals surface area contributed by atoms with Crippen LogP contribution in [0.3, 0.4) is 0 Å². The summed E-state index contributed by atoms with van der Waals surface area (Å²) in [4.78, 5) is 32.8. The summed E-state index contributed by atoms with van der Waals surface area (Å²) in [7, 11) is 0. The lowest BCUT2D eigenvalue weighted by Crippen LogP contribution is -2.51. The third-order valence-corrected chi connectivity index (χ3v) is 6.89. The molecule has 0 bridgehead atoms. The average molecular weight is 563 g/mol. The maximum atomic E-state index is 14.1. The fraction of sp³-hybridized carbons (Fsp3) is 0.323. The molecule has 5 rings (SSSR count). The molecule has 1 atom stereocenters. The molecule has 41 heavy (non-hydrogen) atoms. The number of rotatable bonds is 6. The van der Waals surface area contributed by atoms with Crippen LogP contribution in [-0.2, 0) is 17.8 Å². The first-order valence-corrected chi connectivity index (χ1v) is 13.4. The Morgan fingerprint density at radius 1 is 1.05 bits per heavy atom. The van der Waals surface area contributed by atoms with Gasteiger partial charge in [-0.1, -0.05) is 24.3 Å². The monoisotopic (exact) mass is 562 g/mol. The maximum absolute atomic E-state index is 14.1. The van der Waals surface area contributed by atoms with E-state index in [4.69, 9.17) is 9.47 Å². The molecule has 8 nitrogen and oxygen atoms in total. The first kappa shape index (κ1) is 28.1. The lowest BCUT2D eigenvalue weighted by atomic mass is 9.96. The number of ether oxygens (including phenoxy) is 2. The number of para-hydroxylation sites is 1. The molecule has 0 aliphatic carbocycles. The van der Waals surface area contributed by atoms with Crippen LogP contribution < -0.4 is 15.0 Å². The van der Waals surface area contributed by atoms with Gasteiger partial charge in [0.05, 0.1) is 23.0 Å². The molecule has 3 heterocycles. The summed E-state index contributed by atoms with van der Waals surface area (Å²) >= 11 is 0. The van der Waals surface area contributed by atoms with E-state index in [1.54, 1.807) is 34.6 Å². The largest absolute Gasteiger partial charge is 0.485 e. The number of anilines is 1. The average Bonchev–Trinajstić information content (AvgIpc) is 3.26. The molecule has 4 aromatic rings. The topological polar surface area (TPSA) is 85.2 Å². The molecule has 2 aromatic carbocycles. The van der Waals surface area contributed by atoms with Crippen molar-refractivity contribution in [3.05, 3.63) is 94.9 Å². The Kier molecular flexibility index (Phi) is 7.66. The van der Waals surface area contributed by atoms with Crippen molar-refractivity contribution in [3.8, 4) is 5.75 Å². The number of fused-ring (bicyclic) bond motifs is 2. The summed E-state index contributed by atoms with van der Waals surface area (Å²) in [5.41, 5.74) is 2.03. The fourth-order valence-electron chi connectivity index (χ4n) is 5.01. The Morgan fingerprint density at radius 2 is 1.78 bits per heavy atom. The van der Waals surface area contributed by atoms with Crippen molar-refractivity contribution in [1.29, 1.82) is 0 Å². The van der Waals surface area contributed by atoms with Crippen LogP contribution in [0, 0.1) is 18.6 Å². The molecule has 1 N–H and O–H groups in total. The van der Waals surface area contributed by atoms with Gasteiger partial charge in [0.15, 0.2) is 11.4 Å². The lowest BCUT2D eigenvalue weighted by Gasteiger charge is -2.38. The minimum absolute atomic E-state index is 0.195. The van der Waals surface area contributed by atoms with Crippen molar-refractivity contribution in [2.75, 3.05) is 11.4 Å². The van der Waals surface area contributed by atoms with E-state index in [1.807, 2.05) is 45.0 Å². The number of amides is 2. The van der Waals surface area contributed by atoms with Crippen LogP contribution in [-0.4, -0.2) is 39.6 Å². The smallest absolute Gasteiger partial charge is 0.415 e. The van der Waals surface area contributed by atoms with Gasteiger partial charge in [-0.25, -0.2) is 18.6 Å². The Labute approximate surface area is 236 Å². The molecule has 10 heteroatoms. The maximum Gasteiger partial charge on any atom is 0.415 e. The van der Waals surface area contributed by atoms with Gasteiger partial charge in [0, 0.05) is 12.7 Å². The van der Waals surface area contributed by atoms with Crippen molar-refractivity contribution in [3.63, 3.8) is 0 Å². The zero-order chi connectivity index (χ0) is 29.3. The van der Waals surface area contributed by atoms with E-state index in [2.05, 4.69) is 10.3 Å². The number of nitrogens with one attached hydrogen (secondary N) is 1. The molecule has 1 aliphatic heterocycles. The van der Waals surface area contributed by atoms with Gasteiger partial charge in [0.2, 0.25) is 0 Å². The van der Waals surface area contributed by atoms with Gasteiger partial charge in [0.1, 0.15) is 29.5 Å². The number of nitrogens with zero attached hydrogens (tertiary/aromatic N) is 3. The van der Waals surface area contributed by atoms with Crippen molar-refractivity contribution < 1.29 is 27.8 Å². The highest BCUT2D eigenvalue weighted by Crippen LogP contribution is 2.32. The molecule has 2 amide bonds. The van der Waals surface area contributed by atoms with Crippen molar-refractivity contribution >= 4 is 23.3 Å². The fourth-order valence-corrected chi connectivity index (χ4v) is 5.01. The molecule has 2 aromatic heterocycles. The van der Waals surface area contributed by atoms with Gasteiger partial charge in [-0.05, 0) is 76.4 Å². The summed E-state index contributed by atoms with van der Waals surface area (Å²) in [6.07, 6.45) is 2.61. The molecule has 214 valence electrons. The van der Waals surface area contributed by atoms with E-state index < -0.39 is 23.3 Å². The molecule has 0 saturated carbocycles. The van der Waals surface area contributed by atoms with Gasteiger partial charge < -0.3 is 14.8 Å². The standard InChI is InChI=1S/C31H32F2N4O4/c1-19-27(36-16-8-13-26(28(36)35-19)40-18-22-23(32)10-7-11-24(22)33)29(38)34-17-21-15-14-20-9-5-6-12-25(20)37(21)30(39)41-31(2,3)4/h5-13,16,21H,14-15,17-18H2,1-4H3,(H,34,38). The highest BCUT2D eigenvalue weighted by molar-refractivity contribution is 5.95. The van der Waals surface area contributed by atoms with Crippen LogP contribution in [0.25, 0.3) is 5.65 Å². The Morgan fingerprint density at radius 3 is 2.51 bits per heavy atom. The highest BCUT2D eigenvalue weighted by Gasteiger charge is 2.34. The molecule has 0 fully saturated rings. The highest BCUT2D eigenvalue weighted by atomic mass is 19.1. The normalized spacial score (nSPS) is 15.0. The molecular weight excluding hydrogens is 530 g/mol. The molecule has 0 spiro atoms. The summed E-state index contributed by atoms with van der Waals surface area (Å²) < 4.78 is 41.2. The summed E-state index contributed by atoms with van der Waals surface area (Å²) in [6.45, 7) is 7.00. The number of aryl methyl sites for hydroxylation is 2. The number of hydrogen-bond donors (Lipinski definition) is 1. The van der Waals surface area contributed by atoms with E-state index in [0.717, 1.165) is 17.7 Å². The summed E-state index contributed by atoms with van der Waals surface area (Å²) in [5, 5.41) is 2.97. The lowest BCUT2D eigenvalue weighted by molar-refractivity contribution is 0.0558. The third-order valence-electron chi connectivity index (χ3n) is 6.89. The first-order valence-electron chi connectivity index (χ1n) is 13.4. The number of pyridine rings is 1. The number of benzene rings is 2. The van der Waals surface area contributed by atoms with E-state index in [9.17, 15) is 18.4 Å². The number of carbonyl (C=O) groups excluding carboxylic acids is 2. The van der Waals surface area contributed by atoms with E-state index in [0.29, 0.717) is 23.5 Å². The van der Waals surface area contributed by atoms with Crippen LogP contribution >= 0.6 is 0 Å². The van der Waals surface area contributed by atoms with Gasteiger partial charge in [-0.3, -0.25) is 14.1 Å². The Balaban J connectivity index is 1.35. The van der Waals surface area contributed by atoms with Gasteiger partial charge in [-0.15, -0.1) is 0 Å². The second-order valence-corrected chi connectivity index (χ2v) is 11.0. The van der Waals surface area contributed by atoms with Crippen molar-refractivity contribution in [2.24, 2.45) is 0 Å². The van der Waals surface area contributed by atoms with Crippen molar-refractivity contribution in [1.82, 2.24) is 14.7 Å². The number of carbonyl (C=O) groups is 2.